The first kappa shape index (κ1) is 14.0. The molecule has 6 heteroatoms. The quantitative estimate of drug-likeness (QED) is 0.925. The Hall–Kier alpha value is -1.95. The molecule has 1 fully saturated rings. The second-order valence-corrected chi connectivity index (χ2v) is 5.63. The van der Waals surface area contributed by atoms with Gasteiger partial charge in [-0.15, -0.1) is 5.10 Å². The van der Waals surface area contributed by atoms with Crippen molar-refractivity contribution in [2.24, 2.45) is 0 Å². The third-order valence-corrected chi connectivity index (χ3v) is 3.77. The molecule has 0 aliphatic carbocycles. The first-order valence-corrected chi connectivity index (χ1v) is 7.41. The summed E-state index contributed by atoms with van der Waals surface area (Å²) in [5.41, 5.74) is 1.87. The predicted octanol–water partition coefficient (Wildman–Crippen LogP) is 1.84. The van der Waals surface area contributed by atoms with Crippen LogP contribution in [-0.2, 0) is 6.54 Å². The number of piperidine rings is 1. The molecule has 3 heterocycles. The van der Waals surface area contributed by atoms with Gasteiger partial charge >= 0.3 is 0 Å². The van der Waals surface area contributed by atoms with Gasteiger partial charge in [0.15, 0.2) is 11.6 Å². The fourth-order valence-electron chi connectivity index (χ4n) is 2.66. The molecular formula is C15H21N5O. The fourth-order valence-corrected chi connectivity index (χ4v) is 2.66. The highest BCUT2D eigenvalue weighted by Crippen LogP contribution is 2.17. The zero-order valence-electron chi connectivity index (χ0n) is 12.5. The van der Waals surface area contributed by atoms with Crippen LogP contribution >= 0.6 is 0 Å². The lowest BCUT2D eigenvalue weighted by Crippen LogP contribution is -2.45. The average Bonchev–Trinajstić information content (AvgIpc) is 2.92. The van der Waals surface area contributed by atoms with Crippen molar-refractivity contribution in [2.75, 3.05) is 18.0 Å². The zero-order chi connectivity index (χ0) is 14.7. The Labute approximate surface area is 124 Å². The average molecular weight is 287 g/mol. The van der Waals surface area contributed by atoms with Crippen LogP contribution in [0.25, 0.3) is 0 Å². The van der Waals surface area contributed by atoms with Crippen LogP contribution in [0.15, 0.2) is 22.7 Å². The Kier molecular flexibility index (Phi) is 4.15. The molecule has 1 N–H and O–H groups in total. The summed E-state index contributed by atoms with van der Waals surface area (Å²) in [6.45, 7) is 6.60. The summed E-state index contributed by atoms with van der Waals surface area (Å²) in [6, 6.07) is 6.47. The normalized spacial score (nSPS) is 19.0. The van der Waals surface area contributed by atoms with Crippen LogP contribution in [0.5, 0.6) is 0 Å². The number of hydrogen-bond acceptors (Lipinski definition) is 6. The van der Waals surface area contributed by atoms with E-state index in [0.29, 0.717) is 6.04 Å². The van der Waals surface area contributed by atoms with Gasteiger partial charge in [-0.05, 0) is 38.8 Å². The van der Waals surface area contributed by atoms with Crippen molar-refractivity contribution in [1.82, 2.24) is 20.7 Å². The molecule has 0 saturated carbocycles. The fraction of sp³-hybridized carbons (Fsp3) is 0.533. The summed E-state index contributed by atoms with van der Waals surface area (Å²) < 4.78 is 5.23. The van der Waals surface area contributed by atoms with Crippen LogP contribution in [0.3, 0.4) is 0 Å². The molecule has 0 radical (unpaired) electrons. The van der Waals surface area contributed by atoms with Gasteiger partial charge in [-0.3, -0.25) is 0 Å². The Morgan fingerprint density at radius 1 is 1.29 bits per heavy atom. The maximum absolute atomic E-state index is 5.23. The van der Waals surface area contributed by atoms with Crippen molar-refractivity contribution in [3.05, 3.63) is 35.3 Å². The molecule has 2 aromatic heterocycles. The summed E-state index contributed by atoms with van der Waals surface area (Å²) in [5, 5.41) is 15.9. The first-order chi connectivity index (χ1) is 10.2. The van der Waals surface area contributed by atoms with Crippen molar-refractivity contribution in [3.63, 3.8) is 0 Å². The Bertz CT molecular complexity index is 580. The summed E-state index contributed by atoms with van der Waals surface area (Å²) >= 11 is 0. The van der Waals surface area contributed by atoms with Crippen molar-refractivity contribution in [3.8, 4) is 0 Å². The van der Waals surface area contributed by atoms with E-state index >= 15 is 0 Å². The second-order valence-electron chi connectivity index (χ2n) is 5.63. The van der Waals surface area contributed by atoms with Crippen molar-refractivity contribution >= 4 is 5.82 Å². The molecule has 0 spiro atoms. The smallest absolute Gasteiger partial charge is 0.151 e. The van der Waals surface area contributed by atoms with E-state index in [0.717, 1.165) is 49.0 Å². The molecule has 6 nitrogen and oxygen atoms in total. The highest BCUT2D eigenvalue weighted by atomic mass is 16.5. The monoisotopic (exact) mass is 287 g/mol. The SMILES string of the molecule is Cc1ccc(N2CCC[C@H](NCc3cc(C)no3)C2)nn1. The van der Waals surface area contributed by atoms with Crippen molar-refractivity contribution in [2.45, 2.75) is 39.3 Å². The molecular weight excluding hydrogens is 266 g/mol. The van der Waals surface area contributed by atoms with E-state index in [2.05, 4.69) is 25.6 Å². The Morgan fingerprint density at radius 3 is 2.90 bits per heavy atom. The third kappa shape index (κ3) is 3.58. The molecule has 1 atom stereocenters. The molecule has 3 rings (SSSR count). The minimum absolute atomic E-state index is 0.437. The van der Waals surface area contributed by atoms with Gasteiger partial charge in [-0.25, -0.2) is 0 Å². The number of nitrogens with one attached hydrogen (secondary N) is 1. The first-order valence-electron chi connectivity index (χ1n) is 7.41. The second kappa shape index (κ2) is 6.22. The van der Waals surface area contributed by atoms with E-state index in [4.69, 9.17) is 4.52 Å². The molecule has 0 unspecified atom stereocenters. The number of anilines is 1. The summed E-state index contributed by atoms with van der Waals surface area (Å²) in [7, 11) is 0. The molecule has 1 aliphatic rings. The lowest BCUT2D eigenvalue weighted by Gasteiger charge is -2.33. The molecule has 1 saturated heterocycles. The van der Waals surface area contributed by atoms with E-state index in [-0.39, 0.29) is 0 Å². The Balaban J connectivity index is 1.56. The molecule has 1 aliphatic heterocycles. The van der Waals surface area contributed by atoms with Crippen LogP contribution in [-0.4, -0.2) is 34.5 Å². The molecule has 0 aromatic carbocycles. The van der Waals surface area contributed by atoms with Crippen molar-refractivity contribution in [1.29, 1.82) is 0 Å². The lowest BCUT2D eigenvalue weighted by atomic mass is 10.1. The van der Waals surface area contributed by atoms with Gasteiger partial charge < -0.3 is 14.7 Å². The van der Waals surface area contributed by atoms with E-state index < -0.39 is 0 Å². The van der Waals surface area contributed by atoms with Crippen LogP contribution in [0.1, 0.15) is 30.0 Å². The van der Waals surface area contributed by atoms with Gasteiger partial charge in [0.25, 0.3) is 0 Å². The van der Waals surface area contributed by atoms with Gasteiger partial charge in [-0.2, -0.15) is 5.10 Å². The maximum atomic E-state index is 5.23. The topological polar surface area (TPSA) is 67.1 Å². The molecule has 112 valence electrons. The molecule has 2 aromatic rings. The largest absolute Gasteiger partial charge is 0.360 e. The van der Waals surface area contributed by atoms with Crippen LogP contribution < -0.4 is 10.2 Å². The minimum Gasteiger partial charge on any atom is -0.360 e. The summed E-state index contributed by atoms with van der Waals surface area (Å²) in [5.74, 6) is 1.85. The summed E-state index contributed by atoms with van der Waals surface area (Å²) in [6.07, 6.45) is 2.32. The van der Waals surface area contributed by atoms with E-state index in [9.17, 15) is 0 Å². The van der Waals surface area contributed by atoms with E-state index in [1.807, 2.05) is 32.0 Å². The van der Waals surface area contributed by atoms with Gasteiger partial charge in [0.1, 0.15) is 0 Å². The number of hydrogen-bond donors (Lipinski definition) is 1. The lowest BCUT2D eigenvalue weighted by molar-refractivity contribution is 0.347. The zero-order valence-corrected chi connectivity index (χ0v) is 12.5. The number of aromatic nitrogens is 3. The van der Waals surface area contributed by atoms with Crippen LogP contribution in [0, 0.1) is 13.8 Å². The van der Waals surface area contributed by atoms with Crippen LogP contribution in [0.2, 0.25) is 0 Å². The van der Waals surface area contributed by atoms with Gasteiger partial charge in [0.2, 0.25) is 0 Å². The molecule has 21 heavy (non-hydrogen) atoms. The number of aryl methyl sites for hydroxylation is 2. The summed E-state index contributed by atoms with van der Waals surface area (Å²) in [4.78, 5) is 2.29. The van der Waals surface area contributed by atoms with Gasteiger partial charge in [0, 0.05) is 25.2 Å². The molecule has 0 bridgehead atoms. The maximum Gasteiger partial charge on any atom is 0.151 e. The molecule has 0 amide bonds. The van der Waals surface area contributed by atoms with Crippen molar-refractivity contribution < 1.29 is 4.52 Å². The predicted molar refractivity (Wildman–Crippen MR) is 80.1 cm³/mol. The Morgan fingerprint density at radius 2 is 2.19 bits per heavy atom. The van der Waals surface area contributed by atoms with E-state index in [1.165, 1.54) is 6.42 Å². The highest BCUT2D eigenvalue weighted by molar-refractivity contribution is 5.38. The minimum atomic E-state index is 0.437. The van der Waals surface area contributed by atoms with Crippen LogP contribution in [0.4, 0.5) is 5.82 Å². The number of rotatable bonds is 4. The third-order valence-electron chi connectivity index (χ3n) is 3.77. The van der Waals surface area contributed by atoms with E-state index in [1.54, 1.807) is 0 Å². The van der Waals surface area contributed by atoms with Gasteiger partial charge in [0.05, 0.1) is 17.9 Å². The number of nitrogens with zero attached hydrogens (tertiary/aromatic N) is 4. The standard InChI is InChI=1S/C15H21N5O/c1-11-5-6-15(18-17-11)20-7-3-4-13(10-20)16-9-14-8-12(2)19-21-14/h5-6,8,13,16H,3-4,7,9-10H2,1-2H3/t13-/m0/s1. The van der Waals surface area contributed by atoms with Gasteiger partial charge in [-0.1, -0.05) is 5.16 Å². The highest BCUT2D eigenvalue weighted by Gasteiger charge is 2.21.